The molecule has 0 aromatic rings. The van der Waals surface area contributed by atoms with Crippen LogP contribution < -0.4 is 10.6 Å². The van der Waals surface area contributed by atoms with Crippen LogP contribution in [0.25, 0.3) is 0 Å². The van der Waals surface area contributed by atoms with E-state index in [4.69, 9.17) is 14.2 Å². The van der Waals surface area contributed by atoms with Crippen LogP contribution in [0.4, 0.5) is 9.59 Å². The first-order valence-electron chi connectivity index (χ1n) is 11.5. The molecule has 0 bridgehead atoms. The van der Waals surface area contributed by atoms with Crippen LogP contribution in [0.3, 0.4) is 0 Å². The number of carbonyl (C=O) groups excluding carboxylic acids is 3. The first kappa shape index (κ1) is 30.2. The molecule has 8 nitrogen and oxygen atoms in total. The van der Waals surface area contributed by atoms with Gasteiger partial charge in [0.2, 0.25) is 0 Å². The largest absolute Gasteiger partial charge is 0.459 e. The summed E-state index contributed by atoms with van der Waals surface area (Å²) in [5.74, 6) is 3.12. The third-order valence-electron chi connectivity index (χ3n) is 4.96. The van der Waals surface area contributed by atoms with Crippen molar-refractivity contribution in [1.82, 2.24) is 10.6 Å². The monoisotopic (exact) mass is 516 g/mol. The molecule has 2 N–H and O–H groups in total. The molecule has 194 valence electrons. The Balaban J connectivity index is 2.19. The van der Waals surface area contributed by atoms with Crippen LogP contribution in [-0.2, 0) is 19.0 Å². The average Bonchev–Trinajstić information content (AvgIpc) is 2.72. The fraction of sp³-hybridized carbons (Fsp3) is 0.708. The summed E-state index contributed by atoms with van der Waals surface area (Å²) in [5.41, 5.74) is 1.50. The van der Waals surface area contributed by atoms with Gasteiger partial charge >= 0.3 is 18.2 Å². The van der Waals surface area contributed by atoms with E-state index in [9.17, 15) is 14.4 Å². The number of thioether (sulfide) groups is 2. The Morgan fingerprint density at radius 3 is 2.32 bits per heavy atom. The Labute approximate surface area is 212 Å². The molecule has 1 saturated heterocycles. The number of hydrogen-bond acceptors (Lipinski definition) is 8. The lowest BCUT2D eigenvalue weighted by Crippen LogP contribution is -2.35. The second kappa shape index (κ2) is 16.0. The molecule has 1 aliphatic heterocycles. The maximum Gasteiger partial charge on any atom is 0.407 e. The predicted octanol–water partition coefficient (Wildman–Crippen LogP) is 4.41. The Bertz CT molecular complexity index is 702. The number of amides is 2. The zero-order valence-corrected chi connectivity index (χ0v) is 22.5. The van der Waals surface area contributed by atoms with Crippen LogP contribution in [0.5, 0.6) is 0 Å². The molecule has 1 fully saturated rings. The van der Waals surface area contributed by atoms with E-state index in [0.717, 1.165) is 35.9 Å². The summed E-state index contributed by atoms with van der Waals surface area (Å²) in [7, 11) is 0. The topological polar surface area (TPSA) is 103 Å². The smallest absolute Gasteiger partial charge is 0.407 e. The molecule has 34 heavy (non-hydrogen) atoms. The molecule has 0 aromatic heterocycles. The number of rotatable bonds is 12. The van der Waals surface area contributed by atoms with Gasteiger partial charge in [-0.1, -0.05) is 39.5 Å². The third kappa shape index (κ3) is 14.5. The minimum atomic E-state index is -0.546. The van der Waals surface area contributed by atoms with Gasteiger partial charge in [0, 0.05) is 41.7 Å². The zero-order valence-electron chi connectivity index (χ0n) is 20.9. The van der Waals surface area contributed by atoms with E-state index in [1.54, 1.807) is 30.4 Å². The van der Waals surface area contributed by atoms with E-state index in [-0.39, 0.29) is 36.7 Å². The summed E-state index contributed by atoms with van der Waals surface area (Å²) in [4.78, 5) is 35.2. The highest BCUT2D eigenvalue weighted by Crippen LogP contribution is 2.28. The Kier molecular flexibility index (Phi) is 14.2. The molecule has 0 spiro atoms. The van der Waals surface area contributed by atoms with Crippen LogP contribution in [0.1, 0.15) is 40.5 Å². The molecule has 2 amide bonds. The van der Waals surface area contributed by atoms with Gasteiger partial charge in [-0.05, 0) is 31.1 Å². The van der Waals surface area contributed by atoms with Gasteiger partial charge in [-0.2, -0.15) is 23.5 Å². The number of esters is 1. The highest BCUT2D eigenvalue weighted by molar-refractivity contribution is 8.01. The fourth-order valence-electron chi connectivity index (χ4n) is 3.34. The number of carbonyl (C=O) groups is 3. The average molecular weight is 517 g/mol. The molecule has 1 atom stereocenters. The van der Waals surface area contributed by atoms with Crippen LogP contribution in [0.15, 0.2) is 24.3 Å². The Morgan fingerprint density at radius 2 is 1.71 bits per heavy atom. The lowest BCUT2D eigenvalue weighted by atomic mass is 9.80. The molecule has 1 aliphatic rings. The highest BCUT2D eigenvalue weighted by Gasteiger charge is 2.23. The van der Waals surface area contributed by atoms with Crippen molar-refractivity contribution in [2.45, 2.75) is 46.6 Å². The molecular formula is C24H40N2O6S2. The minimum Gasteiger partial charge on any atom is -0.459 e. The summed E-state index contributed by atoms with van der Waals surface area (Å²) in [6.45, 7) is 16.4. The normalized spacial score (nSPS) is 15.9. The standard InChI is InChI=1S/C24H40N2O6S2/c1-17(2)21(27)30-9-10-31-22(28)26-12-18(3)11-24(5,6)7-8-25-23(29)32-20-15-33-13-19(4)14-34-16-20/h18,20H,1,4,7-16H2,2-3,5-6H3,(H,25,29)(H,26,28). The summed E-state index contributed by atoms with van der Waals surface area (Å²) >= 11 is 3.51. The van der Waals surface area contributed by atoms with Gasteiger partial charge in [0.1, 0.15) is 19.3 Å². The molecule has 10 heteroatoms. The molecule has 1 rings (SSSR count). The van der Waals surface area contributed by atoms with E-state index in [1.807, 2.05) is 0 Å². The first-order valence-corrected chi connectivity index (χ1v) is 13.8. The van der Waals surface area contributed by atoms with Crippen LogP contribution >= 0.6 is 23.5 Å². The van der Waals surface area contributed by atoms with Crippen molar-refractivity contribution in [1.29, 1.82) is 0 Å². The Hall–Kier alpha value is -1.81. The van der Waals surface area contributed by atoms with Gasteiger partial charge in [-0.25, -0.2) is 14.4 Å². The van der Waals surface area contributed by atoms with Gasteiger partial charge in [-0.3, -0.25) is 0 Å². The van der Waals surface area contributed by atoms with Gasteiger partial charge < -0.3 is 24.8 Å². The molecule has 0 aliphatic carbocycles. The number of hydrogen-bond donors (Lipinski definition) is 2. The maximum absolute atomic E-state index is 12.2. The molecule has 1 heterocycles. The lowest BCUT2D eigenvalue weighted by molar-refractivity contribution is -0.139. The van der Waals surface area contributed by atoms with Crippen molar-refractivity contribution in [3.05, 3.63) is 24.3 Å². The maximum atomic E-state index is 12.2. The van der Waals surface area contributed by atoms with Gasteiger partial charge in [0.05, 0.1) is 0 Å². The quantitative estimate of drug-likeness (QED) is 0.129. The van der Waals surface area contributed by atoms with Crippen molar-refractivity contribution in [2.75, 3.05) is 49.3 Å². The molecule has 0 aromatic carbocycles. The lowest BCUT2D eigenvalue weighted by Gasteiger charge is -2.28. The number of ether oxygens (including phenoxy) is 3. The summed E-state index contributed by atoms with van der Waals surface area (Å²) in [5, 5.41) is 5.60. The van der Waals surface area contributed by atoms with Crippen molar-refractivity contribution >= 4 is 41.7 Å². The predicted molar refractivity (Wildman–Crippen MR) is 139 cm³/mol. The second-order valence-electron chi connectivity index (χ2n) is 9.39. The van der Waals surface area contributed by atoms with E-state index >= 15 is 0 Å². The SMILES string of the molecule is C=C1CSCC(OC(=O)NCCC(C)(C)CC(C)CNC(=O)OCCOC(=O)C(=C)C)CSC1. The molecule has 0 saturated carbocycles. The van der Waals surface area contributed by atoms with Crippen LogP contribution in [-0.4, -0.2) is 73.6 Å². The van der Waals surface area contributed by atoms with E-state index in [2.05, 4.69) is 44.6 Å². The van der Waals surface area contributed by atoms with Crippen molar-refractivity contribution in [2.24, 2.45) is 11.3 Å². The van der Waals surface area contributed by atoms with Crippen molar-refractivity contribution in [3.8, 4) is 0 Å². The number of alkyl carbamates (subject to hydrolysis) is 2. The third-order valence-corrected chi connectivity index (χ3v) is 7.40. The number of nitrogens with one attached hydrogen (secondary N) is 2. The molecule has 0 radical (unpaired) electrons. The van der Waals surface area contributed by atoms with Crippen LogP contribution in [0.2, 0.25) is 0 Å². The van der Waals surface area contributed by atoms with Gasteiger partial charge in [-0.15, -0.1) is 0 Å². The van der Waals surface area contributed by atoms with Gasteiger partial charge in [0.25, 0.3) is 0 Å². The van der Waals surface area contributed by atoms with E-state index < -0.39 is 12.1 Å². The first-order chi connectivity index (χ1) is 16.0. The minimum absolute atomic E-state index is 0.00862. The summed E-state index contributed by atoms with van der Waals surface area (Å²) in [6, 6.07) is 0. The highest BCUT2D eigenvalue weighted by atomic mass is 32.2. The van der Waals surface area contributed by atoms with Gasteiger partial charge in [0.15, 0.2) is 0 Å². The van der Waals surface area contributed by atoms with E-state index in [0.29, 0.717) is 18.7 Å². The fourth-order valence-corrected chi connectivity index (χ4v) is 5.53. The molecular weight excluding hydrogens is 476 g/mol. The summed E-state index contributed by atoms with van der Waals surface area (Å²) in [6.07, 6.45) is 0.655. The molecule has 1 unspecified atom stereocenters. The van der Waals surface area contributed by atoms with Crippen molar-refractivity contribution in [3.63, 3.8) is 0 Å². The van der Waals surface area contributed by atoms with Crippen molar-refractivity contribution < 1.29 is 28.6 Å². The Morgan fingerprint density at radius 1 is 1.09 bits per heavy atom. The summed E-state index contributed by atoms with van der Waals surface area (Å²) < 4.78 is 15.4. The zero-order chi connectivity index (χ0) is 25.6. The van der Waals surface area contributed by atoms with E-state index in [1.165, 1.54) is 5.57 Å². The second-order valence-corrected chi connectivity index (χ2v) is 11.5. The van der Waals surface area contributed by atoms with Crippen LogP contribution in [0, 0.1) is 11.3 Å².